The Morgan fingerprint density at radius 2 is 2.50 bits per heavy atom. The van der Waals surface area contributed by atoms with E-state index < -0.39 is 0 Å². The van der Waals surface area contributed by atoms with Crippen LogP contribution in [0.1, 0.15) is 11.9 Å². The molecule has 2 N–H and O–H groups in total. The van der Waals surface area contributed by atoms with Crippen LogP contribution in [0.5, 0.6) is 0 Å². The van der Waals surface area contributed by atoms with E-state index in [1.807, 2.05) is 12.3 Å². The van der Waals surface area contributed by atoms with Gasteiger partial charge in [-0.25, -0.2) is 4.98 Å². The van der Waals surface area contributed by atoms with Gasteiger partial charge in [-0.1, -0.05) is 6.92 Å². The zero-order valence-corrected chi connectivity index (χ0v) is 9.06. The van der Waals surface area contributed by atoms with Crippen LogP contribution < -0.4 is 10.6 Å². The third kappa shape index (κ3) is 4.34. The maximum Gasteiger partial charge on any atom is 0.233 e. The maximum absolute atomic E-state index is 11.1. The lowest BCUT2D eigenvalue weighted by Gasteiger charge is -2.03. The average Bonchev–Trinajstić information content (AvgIpc) is 2.67. The van der Waals surface area contributed by atoms with E-state index in [4.69, 9.17) is 0 Å². The van der Waals surface area contributed by atoms with Crippen LogP contribution in [0.4, 0.5) is 0 Å². The second-order valence-electron chi connectivity index (χ2n) is 2.81. The quantitative estimate of drug-likeness (QED) is 0.719. The van der Waals surface area contributed by atoms with Crippen LogP contribution in [0, 0.1) is 0 Å². The van der Waals surface area contributed by atoms with E-state index in [0.29, 0.717) is 13.1 Å². The van der Waals surface area contributed by atoms with Crippen molar-refractivity contribution in [2.45, 2.75) is 13.3 Å². The number of likely N-dealkylation sites (N-methyl/N-ethyl adjacent to an activating group) is 1. The number of amides is 1. The van der Waals surface area contributed by atoms with Crippen molar-refractivity contribution in [1.82, 2.24) is 15.6 Å². The van der Waals surface area contributed by atoms with Gasteiger partial charge in [0.25, 0.3) is 0 Å². The molecule has 0 aliphatic carbocycles. The van der Waals surface area contributed by atoms with Gasteiger partial charge in [0.1, 0.15) is 0 Å². The van der Waals surface area contributed by atoms with Crippen molar-refractivity contribution >= 4 is 17.2 Å². The molecule has 0 spiro atoms. The molecule has 0 fully saturated rings. The van der Waals surface area contributed by atoms with Crippen molar-refractivity contribution in [2.24, 2.45) is 0 Å². The molecule has 0 aromatic carbocycles. The Morgan fingerprint density at radius 3 is 3.14 bits per heavy atom. The topological polar surface area (TPSA) is 54.0 Å². The molecule has 0 radical (unpaired) electrons. The van der Waals surface area contributed by atoms with Crippen LogP contribution in [0.25, 0.3) is 0 Å². The molecule has 0 bridgehead atoms. The van der Waals surface area contributed by atoms with E-state index in [-0.39, 0.29) is 5.91 Å². The van der Waals surface area contributed by atoms with Crippen molar-refractivity contribution < 1.29 is 4.79 Å². The van der Waals surface area contributed by atoms with Crippen molar-refractivity contribution in [3.63, 3.8) is 0 Å². The van der Waals surface area contributed by atoms with E-state index in [1.54, 1.807) is 17.5 Å². The first-order valence-corrected chi connectivity index (χ1v) is 5.56. The van der Waals surface area contributed by atoms with E-state index in [1.165, 1.54) is 0 Å². The Bertz CT molecular complexity index is 261. The fourth-order valence-electron chi connectivity index (χ4n) is 0.986. The van der Waals surface area contributed by atoms with Gasteiger partial charge in [-0.15, -0.1) is 11.3 Å². The number of carbonyl (C=O) groups is 1. The van der Waals surface area contributed by atoms with E-state index in [2.05, 4.69) is 15.6 Å². The Kier molecular flexibility index (Phi) is 5.17. The van der Waals surface area contributed by atoms with Crippen molar-refractivity contribution in [1.29, 1.82) is 0 Å². The van der Waals surface area contributed by atoms with E-state index >= 15 is 0 Å². The van der Waals surface area contributed by atoms with Crippen LogP contribution >= 0.6 is 11.3 Å². The van der Waals surface area contributed by atoms with Gasteiger partial charge >= 0.3 is 0 Å². The zero-order chi connectivity index (χ0) is 10.2. The highest BCUT2D eigenvalue weighted by molar-refractivity contribution is 7.09. The lowest BCUT2D eigenvalue weighted by Crippen LogP contribution is -2.34. The third-order valence-electron chi connectivity index (χ3n) is 1.68. The number of rotatable bonds is 6. The monoisotopic (exact) mass is 213 g/mol. The summed E-state index contributed by atoms with van der Waals surface area (Å²) < 4.78 is 0. The Hall–Kier alpha value is -0.940. The van der Waals surface area contributed by atoms with Crippen molar-refractivity contribution in [3.8, 4) is 0 Å². The fraction of sp³-hybridized carbons (Fsp3) is 0.556. The van der Waals surface area contributed by atoms with E-state index in [0.717, 1.165) is 18.0 Å². The average molecular weight is 213 g/mol. The van der Waals surface area contributed by atoms with Gasteiger partial charge in [0.15, 0.2) is 0 Å². The fourth-order valence-corrected chi connectivity index (χ4v) is 1.61. The van der Waals surface area contributed by atoms with Crippen molar-refractivity contribution in [2.75, 3.05) is 19.6 Å². The zero-order valence-electron chi connectivity index (χ0n) is 8.25. The Morgan fingerprint density at radius 1 is 1.64 bits per heavy atom. The number of carbonyl (C=O) groups excluding carboxylic acids is 1. The van der Waals surface area contributed by atoms with Gasteiger partial charge in [-0.3, -0.25) is 4.79 Å². The molecule has 1 aromatic rings. The molecule has 78 valence electrons. The second-order valence-corrected chi connectivity index (χ2v) is 3.79. The third-order valence-corrected chi connectivity index (χ3v) is 2.52. The van der Waals surface area contributed by atoms with Crippen LogP contribution in [0.15, 0.2) is 11.6 Å². The molecule has 0 atom stereocenters. The number of aromatic nitrogens is 1. The molecule has 0 saturated heterocycles. The summed E-state index contributed by atoms with van der Waals surface area (Å²) in [5, 5.41) is 8.79. The highest BCUT2D eigenvalue weighted by Gasteiger charge is 1.99. The summed E-state index contributed by atoms with van der Waals surface area (Å²) in [6, 6.07) is 0. The first kappa shape index (κ1) is 11.1. The summed E-state index contributed by atoms with van der Waals surface area (Å²) in [5.41, 5.74) is 0. The van der Waals surface area contributed by atoms with Gasteiger partial charge in [-0.2, -0.15) is 0 Å². The molecule has 0 unspecified atom stereocenters. The molecule has 5 heteroatoms. The standard InChI is InChI=1S/C9H15N3OS/c1-2-10-7-8(13)11-4-3-9-12-5-6-14-9/h5-6,10H,2-4,7H2,1H3,(H,11,13). The number of nitrogens with zero attached hydrogens (tertiary/aromatic N) is 1. The van der Waals surface area contributed by atoms with Gasteiger partial charge in [0, 0.05) is 24.5 Å². The number of hydrogen-bond acceptors (Lipinski definition) is 4. The van der Waals surface area contributed by atoms with Gasteiger partial charge in [0.05, 0.1) is 11.6 Å². The molecule has 0 aliphatic heterocycles. The summed E-state index contributed by atoms with van der Waals surface area (Å²) >= 11 is 1.61. The largest absolute Gasteiger partial charge is 0.355 e. The summed E-state index contributed by atoms with van der Waals surface area (Å²) in [7, 11) is 0. The Balaban J connectivity index is 2.06. The smallest absolute Gasteiger partial charge is 0.233 e. The lowest BCUT2D eigenvalue weighted by molar-refractivity contribution is -0.120. The molecule has 4 nitrogen and oxygen atoms in total. The molecule has 1 rings (SSSR count). The van der Waals surface area contributed by atoms with Crippen LogP contribution in [-0.4, -0.2) is 30.5 Å². The minimum Gasteiger partial charge on any atom is -0.355 e. The Labute approximate surface area is 87.7 Å². The van der Waals surface area contributed by atoms with Crippen molar-refractivity contribution in [3.05, 3.63) is 16.6 Å². The van der Waals surface area contributed by atoms with Gasteiger partial charge in [-0.05, 0) is 6.54 Å². The first-order valence-electron chi connectivity index (χ1n) is 4.68. The molecule has 14 heavy (non-hydrogen) atoms. The van der Waals surface area contributed by atoms with Crippen LogP contribution in [-0.2, 0) is 11.2 Å². The molecular formula is C9H15N3OS. The molecule has 1 heterocycles. The first-order chi connectivity index (χ1) is 6.83. The summed E-state index contributed by atoms with van der Waals surface area (Å²) in [4.78, 5) is 15.3. The molecule has 0 saturated carbocycles. The summed E-state index contributed by atoms with van der Waals surface area (Å²) in [6.07, 6.45) is 2.59. The number of thiazole rings is 1. The predicted octanol–water partition coefficient (Wildman–Crippen LogP) is 0.411. The number of nitrogens with one attached hydrogen (secondary N) is 2. The molecule has 1 aromatic heterocycles. The molecular weight excluding hydrogens is 198 g/mol. The maximum atomic E-state index is 11.1. The predicted molar refractivity (Wildman–Crippen MR) is 57.4 cm³/mol. The SMILES string of the molecule is CCNCC(=O)NCCc1nccs1. The van der Waals surface area contributed by atoms with Crippen LogP contribution in [0.3, 0.4) is 0 Å². The highest BCUT2D eigenvalue weighted by Crippen LogP contribution is 2.03. The second kappa shape index (κ2) is 6.50. The summed E-state index contributed by atoms with van der Waals surface area (Å²) in [5.74, 6) is 0.0448. The van der Waals surface area contributed by atoms with Gasteiger partial charge < -0.3 is 10.6 Å². The minimum absolute atomic E-state index is 0.0448. The number of hydrogen-bond donors (Lipinski definition) is 2. The summed E-state index contributed by atoms with van der Waals surface area (Å²) in [6.45, 7) is 3.86. The minimum atomic E-state index is 0.0448. The normalized spacial score (nSPS) is 10.1. The van der Waals surface area contributed by atoms with E-state index in [9.17, 15) is 4.79 Å². The molecule has 1 amide bonds. The van der Waals surface area contributed by atoms with Gasteiger partial charge in [0.2, 0.25) is 5.91 Å². The lowest BCUT2D eigenvalue weighted by atomic mass is 10.4. The molecule has 0 aliphatic rings. The highest BCUT2D eigenvalue weighted by atomic mass is 32.1. The van der Waals surface area contributed by atoms with Crippen LogP contribution in [0.2, 0.25) is 0 Å².